The number of rotatable bonds is 6. The van der Waals surface area contributed by atoms with E-state index in [1.54, 1.807) is 6.07 Å². The molecule has 1 fully saturated rings. The van der Waals surface area contributed by atoms with Gasteiger partial charge < -0.3 is 4.90 Å². The molecule has 1 saturated heterocycles. The fourth-order valence-electron chi connectivity index (χ4n) is 3.59. The van der Waals surface area contributed by atoms with Gasteiger partial charge in [-0.25, -0.2) is 4.39 Å². The van der Waals surface area contributed by atoms with E-state index in [9.17, 15) is 4.39 Å². The maximum Gasteiger partial charge on any atom is 0.123 e. The third-order valence-electron chi connectivity index (χ3n) is 5.16. The summed E-state index contributed by atoms with van der Waals surface area (Å²) in [7, 11) is 0. The molecule has 0 radical (unpaired) electrons. The van der Waals surface area contributed by atoms with Crippen LogP contribution in [-0.2, 0) is 6.54 Å². The Morgan fingerprint density at radius 2 is 1.76 bits per heavy atom. The Hall–Kier alpha value is -2.15. The molecule has 0 spiro atoms. The van der Waals surface area contributed by atoms with Gasteiger partial charge in [-0.15, -0.1) is 5.10 Å². The fraction of sp³-hybridized carbons (Fsp3) is 0.333. The summed E-state index contributed by atoms with van der Waals surface area (Å²) in [5, 5.41) is 9.54. The van der Waals surface area contributed by atoms with E-state index < -0.39 is 0 Å². The van der Waals surface area contributed by atoms with Crippen LogP contribution in [0.1, 0.15) is 6.42 Å². The molecule has 4 rings (SSSR count). The van der Waals surface area contributed by atoms with E-state index in [0.29, 0.717) is 15.7 Å². The van der Waals surface area contributed by atoms with Gasteiger partial charge >= 0.3 is 0 Å². The normalized spacial score (nSPS) is 15.1. The molecule has 0 N–H and O–H groups in total. The molecular formula is C21H22Cl2FN5. The minimum atomic E-state index is -0.268. The van der Waals surface area contributed by atoms with E-state index in [0.717, 1.165) is 56.9 Å². The number of hydrogen-bond donors (Lipinski definition) is 0. The highest BCUT2D eigenvalue weighted by Crippen LogP contribution is 2.32. The molecule has 0 aliphatic carbocycles. The van der Waals surface area contributed by atoms with E-state index in [4.69, 9.17) is 23.2 Å². The maximum atomic E-state index is 13.4. The first-order chi connectivity index (χ1) is 14.1. The Morgan fingerprint density at radius 1 is 0.966 bits per heavy atom. The number of benzene rings is 2. The SMILES string of the molecule is Fc1cccc(-c2cn(CCCN3CCN(c4cccc(Cl)c4Cl)CC3)nn2)c1. The molecule has 0 atom stereocenters. The average molecular weight is 434 g/mol. The molecule has 1 aromatic heterocycles. The molecule has 1 aliphatic heterocycles. The number of aromatic nitrogens is 3. The van der Waals surface area contributed by atoms with Gasteiger partial charge in [0.15, 0.2) is 0 Å². The van der Waals surface area contributed by atoms with Crippen molar-refractivity contribution < 1.29 is 4.39 Å². The minimum Gasteiger partial charge on any atom is -0.368 e. The van der Waals surface area contributed by atoms with Gasteiger partial charge in [-0.05, 0) is 30.7 Å². The molecule has 152 valence electrons. The Kier molecular flexibility index (Phi) is 6.33. The highest BCUT2D eigenvalue weighted by Gasteiger charge is 2.19. The van der Waals surface area contributed by atoms with Crippen molar-refractivity contribution in [2.75, 3.05) is 37.6 Å². The summed E-state index contributed by atoms with van der Waals surface area (Å²) in [5.41, 5.74) is 2.44. The number of anilines is 1. The zero-order valence-corrected chi connectivity index (χ0v) is 17.5. The van der Waals surface area contributed by atoms with Gasteiger partial charge in [-0.1, -0.05) is 46.6 Å². The second-order valence-electron chi connectivity index (χ2n) is 7.13. The zero-order valence-electron chi connectivity index (χ0n) is 15.9. The van der Waals surface area contributed by atoms with Crippen LogP contribution in [0.15, 0.2) is 48.7 Å². The van der Waals surface area contributed by atoms with E-state index in [-0.39, 0.29) is 5.82 Å². The summed E-state index contributed by atoms with van der Waals surface area (Å²) < 4.78 is 15.2. The number of piperazine rings is 1. The van der Waals surface area contributed by atoms with Crippen molar-refractivity contribution in [1.29, 1.82) is 0 Å². The predicted octanol–water partition coefficient (Wildman–Crippen LogP) is 4.60. The van der Waals surface area contributed by atoms with Gasteiger partial charge in [-0.3, -0.25) is 9.58 Å². The maximum absolute atomic E-state index is 13.4. The van der Waals surface area contributed by atoms with Gasteiger partial charge in [0.25, 0.3) is 0 Å². The van der Waals surface area contributed by atoms with Crippen LogP contribution in [-0.4, -0.2) is 52.6 Å². The summed E-state index contributed by atoms with van der Waals surface area (Å²) in [6.07, 6.45) is 2.84. The lowest BCUT2D eigenvalue weighted by atomic mass is 10.2. The standard InChI is InChI=1S/C21H22Cl2FN5/c22-18-6-2-7-20(21(18)23)28-12-10-27(11-13-28)8-3-9-29-15-19(25-26-29)16-4-1-5-17(24)14-16/h1-2,4-7,14-15H,3,8-13H2. The van der Waals surface area contributed by atoms with Crippen LogP contribution in [0.25, 0.3) is 11.3 Å². The first-order valence-corrected chi connectivity index (χ1v) is 10.4. The lowest BCUT2D eigenvalue weighted by Crippen LogP contribution is -2.46. The zero-order chi connectivity index (χ0) is 20.2. The van der Waals surface area contributed by atoms with Crippen LogP contribution in [0.4, 0.5) is 10.1 Å². The van der Waals surface area contributed by atoms with Gasteiger partial charge in [0, 0.05) is 44.8 Å². The fourth-order valence-corrected chi connectivity index (χ4v) is 4.01. The summed E-state index contributed by atoms with van der Waals surface area (Å²) in [5.74, 6) is -0.268. The van der Waals surface area contributed by atoms with Crippen LogP contribution in [0.5, 0.6) is 0 Å². The largest absolute Gasteiger partial charge is 0.368 e. The van der Waals surface area contributed by atoms with Crippen molar-refractivity contribution in [3.8, 4) is 11.3 Å². The van der Waals surface area contributed by atoms with Gasteiger partial charge in [0.1, 0.15) is 11.5 Å². The lowest BCUT2D eigenvalue weighted by molar-refractivity contribution is 0.249. The van der Waals surface area contributed by atoms with Crippen molar-refractivity contribution in [2.24, 2.45) is 0 Å². The summed E-state index contributed by atoms with van der Waals surface area (Å²) in [4.78, 5) is 4.73. The Balaban J connectivity index is 1.25. The van der Waals surface area contributed by atoms with E-state index in [1.807, 2.05) is 35.1 Å². The van der Waals surface area contributed by atoms with Gasteiger partial charge in [0.2, 0.25) is 0 Å². The van der Waals surface area contributed by atoms with Crippen molar-refractivity contribution in [2.45, 2.75) is 13.0 Å². The predicted molar refractivity (Wildman–Crippen MR) is 115 cm³/mol. The van der Waals surface area contributed by atoms with Crippen molar-refractivity contribution >= 4 is 28.9 Å². The smallest absolute Gasteiger partial charge is 0.123 e. The first-order valence-electron chi connectivity index (χ1n) is 9.67. The lowest BCUT2D eigenvalue weighted by Gasteiger charge is -2.36. The van der Waals surface area contributed by atoms with Crippen molar-refractivity contribution in [3.05, 3.63) is 64.5 Å². The molecule has 0 saturated carbocycles. The molecule has 3 aromatic rings. The summed E-state index contributed by atoms with van der Waals surface area (Å²) >= 11 is 12.5. The Labute approximate surface area is 179 Å². The second kappa shape index (κ2) is 9.11. The molecule has 8 heteroatoms. The van der Waals surface area contributed by atoms with Crippen LogP contribution < -0.4 is 4.90 Å². The molecule has 2 heterocycles. The average Bonchev–Trinajstić information content (AvgIpc) is 3.20. The van der Waals surface area contributed by atoms with E-state index >= 15 is 0 Å². The second-order valence-corrected chi connectivity index (χ2v) is 7.92. The number of nitrogens with zero attached hydrogens (tertiary/aromatic N) is 5. The van der Waals surface area contributed by atoms with Gasteiger partial charge in [-0.2, -0.15) is 0 Å². The first kappa shape index (κ1) is 20.1. The number of halogens is 3. The molecule has 29 heavy (non-hydrogen) atoms. The van der Waals surface area contributed by atoms with Gasteiger partial charge in [0.05, 0.1) is 21.9 Å². The topological polar surface area (TPSA) is 37.2 Å². The van der Waals surface area contributed by atoms with Crippen LogP contribution in [0, 0.1) is 5.82 Å². The van der Waals surface area contributed by atoms with Crippen molar-refractivity contribution in [3.63, 3.8) is 0 Å². The van der Waals surface area contributed by atoms with Crippen LogP contribution in [0.3, 0.4) is 0 Å². The molecule has 0 unspecified atom stereocenters. The quantitative estimate of drug-likeness (QED) is 0.568. The molecule has 2 aromatic carbocycles. The Bertz CT molecular complexity index is 969. The highest BCUT2D eigenvalue weighted by molar-refractivity contribution is 6.43. The molecule has 0 amide bonds. The number of aryl methyl sites for hydroxylation is 1. The number of hydrogen-bond acceptors (Lipinski definition) is 4. The molecule has 5 nitrogen and oxygen atoms in total. The summed E-state index contributed by atoms with van der Waals surface area (Å²) in [6, 6.07) is 12.2. The van der Waals surface area contributed by atoms with Crippen molar-refractivity contribution in [1.82, 2.24) is 19.9 Å². The monoisotopic (exact) mass is 433 g/mol. The van der Waals surface area contributed by atoms with Crippen LogP contribution >= 0.6 is 23.2 Å². The third-order valence-corrected chi connectivity index (χ3v) is 5.97. The Morgan fingerprint density at radius 3 is 2.55 bits per heavy atom. The molecule has 0 bridgehead atoms. The molecule has 1 aliphatic rings. The highest BCUT2D eigenvalue weighted by atomic mass is 35.5. The molecular weight excluding hydrogens is 412 g/mol. The summed E-state index contributed by atoms with van der Waals surface area (Å²) in [6.45, 7) is 5.58. The van der Waals surface area contributed by atoms with E-state index in [1.165, 1.54) is 12.1 Å². The van der Waals surface area contributed by atoms with E-state index in [2.05, 4.69) is 20.1 Å². The van der Waals surface area contributed by atoms with Crippen LogP contribution in [0.2, 0.25) is 10.0 Å². The minimum absolute atomic E-state index is 0.268. The third kappa shape index (κ3) is 4.89.